The lowest BCUT2D eigenvalue weighted by atomic mass is 10.0. The number of carboxylic acids is 1. The van der Waals surface area contributed by atoms with Crippen LogP contribution in [0.15, 0.2) is 60.8 Å². The smallest absolute Gasteiger partial charge is 0.322 e. The summed E-state index contributed by atoms with van der Waals surface area (Å²) in [6.45, 7) is 4.09. The largest absolute Gasteiger partial charge is 0.480 e. The molecule has 0 rings (SSSR count). The van der Waals surface area contributed by atoms with Crippen molar-refractivity contribution in [3.05, 3.63) is 60.8 Å². The Kier molecular flexibility index (Phi) is 35.7. The molecule has 1 amide bonds. The predicted molar refractivity (Wildman–Crippen MR) is 208 cm³/mol. The van der Waals surface area contributed by atoms with Gasteiger partial charge in [0.25, 0.3) is 0 Å². The molecule has 0 aliphatic carbocycles. The van der Waals surface area contributed by atoms with E-state index >= 15 is 0 Å². The van der Waals surface area contributed by atoms with Crippen molar-refractivity contribution in [3.8, 4) is 0 Å². The van der Waals surface area contributed by atoms with Gasteiger partial charge >= 0.3 is 11.9 Å². The fraction of sp³-hybridized carbons (Fsp3) is 0.698. The number of rotatable bonds is 35. The second-order valence-electron chi connectivity index (χ2n) is 13.2. The van der Waals surface area contributed by atoms with Crippen molar-refractivity contribution in [2.24, 2.45) is 0 Å². The summed E-state index contributed by atoms with van der Waals surface area (Å²) in [5.74, 6) is -1.29. The number of hydrogen-bond donors (Lipinski definition) is 2. The molecule has 0 saturated carbocycles. The topological polar surface area (TPSA) is 92.7 Å². The SMILES string of the molecule is CC/C=C\C/C=C\C/C=C\C/C=C\CCCCCCC(=O)OC(/C=C\CCCCCCCCC)CCCCCCCCC(=O)NCC(=O)O. The molecule has 0 aromatic rings. The fourth-order valence-corrected chi connectivity index (χ4v) is 5.47. The molecule has 6 heteroatoms. The van der Waals surface area contributed by atoms with Crippen LogP contribution >= 0.6 is 0 Å². The van der Waals surface area contributed by atoms with E-state index in [1.807, 2.05) is 0 Å². The zero-order valence-corrected chi connectivity index (χ0v) is 31.5. The van der Waals surface area contributed by atoms with E-state index in [4.69, 9.17) is 9.84 Å². The van der Waals surface area contributed by atoms with E-state index in [9.17, 15) is 14.4 Å². The van der Waals surface area contributed by atoms with E-state index in [1.165, 1.54) is 44.9 Å². The minimum atomic E-state index is -1.02. The highest BCUT2D eigenvalue weighted by atomic mass is 16.5. The molecule has 0 aliphatic heterocycles. The number of amides is 1. The van der Waals surface area contributed by atoms with Crippen molar-refractivity contribution < 1.29 is 24.2 Å². The van der Waals surface area contributed by atoms with Gasteiger partial charge < -0.3 is 15.2 Å². The first-order valence-corrected chi connectivity index (χ1v) is 19.9. The minimum Gasteiger partial charge on any atom is -0.480 e. The fourth-order valence-electron chi connectivity index (χ4n) is 5.47. The number of unbranched alkanes of at least 4 members (excludes halogenated alkanes) is 16. The molecule has 2 N–H and O–H groups in total. The number of carbonyl (C=O) groups is 3. The van der Waals surface area contributed by atoms with Crippen LogP contribution in [0.25, 0.3) is 0 Å². The highest BCUT2D eigenvalue weighted by Gasteiger charge is 2.11. The van der Waals surface area contributed by atoms with Crippen LogP contribution in [0.1, 0.15) is 181 Å². The molecule has 0 saturated heterocycles. The summed E-state index contributed by atoms with van der Waals surface area (Å²) in [6.07, 6.45) is 49.2. The van der Waals surface area contributed by atoms with Crippen LogP contribution in [0.3, 0.4) is 0 Å². The molecule has 280 valence electrons. The van der Waals surface area contributed by atoms with Crippen LogP contribution in [0.2, 0.25) is 0 Å². The molecule has 49 heavy (non-hydrogen) atoms. The van der Waals surface area contributed by atoms with Gasteiger partial charge in [0.15, 0.2) is 0 Å². The Balaban J connectivity index is 4.23. The van der Waals surface area contributed by atoms with Gasteiger partial charge in [-0.05, 0) is 83.1 Å². The first-order valence-electron chi connectivity index (χ1n) is 19.9. The standard InChI is InChI=1S/C43H73NO5/c1-3-5-7-9-11-13-14-15-16-17-18-19-20-22-24-30-34-38-43(48)49-40(35-31-27-23-21-12-10-8-6-4-2)36-32-28-25-26-29-33-37-41(45)44-39-42(46)47/h5,7,11,13,15-16,18-19,31,35,40H,3-4,6,8-10,12,14,17,20-30,32-34,36-39H2,1-2H3,(H,44,45)(H,46,47)/b7-5-,13-11-,16-15-,19-18-,35-31-. The molecule has 0 aliphatic rings. The van der Waals surface area contributed by atoms with Gasteiger partial charge in [-0.1, -0.05) is 146 Å². The molecule has 0 bridgehead atoms. The molecule has 0 spiro atoms. The summed E-state index contributed by atoms with van der Waals surface area (Å²) < 4.78 is 5.93. The molecule has 0 fully saturated rings. The number of carbonyl (C=O) groups excluding carboxylic acids is 2. The Bertz CT molecular complexity index is 933. The van der Waals surface area contributed by atoms with Gasteiger partial charge in [0.2, 0.25) is 5.91 Å². The first-order chi connectivity index (χ1) is 24.0. The van der Waals surface area contributed by atoms with Gasteiger partial charge in [-0.2, -0.15) is 0 Å². The molecule has 0 aromatic carbocycles. The van der Waals surface area contributed by atoms with Crippen LogP contribution in [0.5, 0.6) is 0 Å². The third-order valence-electron chi connectivity index (χ3n) is 8.41. The maximum absolute atomic E-state index is 12.7. The van der Waals surface area contributed by atoms with Crippen LogP contribution in [-0.2, 0) is 19.1 Å². The quantitative estimate of drug-likeness (QED) is 0.0394. The number of aliphatic carboxylic acids is 1. The van der Waals surface area contributed by atoms with Crippen LogP contribution in [-0.4, -0.2) is 35.6 Å². The van der Waals surface area contributed by atoms with E-state index in [2.05, 4.69) is 79.9 Å². The Hall–Kier alpha value is -2.89. The van der Waals surface area contributed by atoms with Crippen LogP contribution in [0, 0.1) is 0 Å². The van der Waals surface area contributed by atoms with Crippen molar-refractivity contribution in [2.45, 2.75) is 187 Å². The minimum absolute atomic E-state index is 0.0781. The lowest BCUT2D eigenvalue weighted by Crippen LogP contribution is -2.28. The summed E-state index contributed by atoms with van der Waals surface area (Å²) in [6, 6.07) is 0. The van der Waals surface area contributed by atoms with Gasteiger partial charge in [0.05, 0.1) is 0 Å². The Morgan fingerprint density at radius 3 is 1.65 bits per heavy atom. The van der Waals surface area contributed by atoms with Crippen molar-refractivity contribution >= 4 is 17.8 Å². The third-order valence-corrected chi connectivity index (χ3v) is 8.41. The summed E-state index contributed by atoms with van der Waals surface area (Å²) in [5.41, 5.74) is 0. The number of hydrogen-bond acceptors (Lipinski definition) is 4. The second-order valence-corrected chi connectivity index (χ2v) is 13.2. The second kappa shape index (κ2) is 37.9. The zero-order valence-electron chi connectivity index (χ0n) is 31.5. The molecule has 1 atom stereocenters. The van der Waals surface area contributed by atoms with Gasteiger partial charge in [-0.25, -0.2) is 0 Å². The van der Waals surface area contributed by atoms with Gasteiger partial charge in [0, 0.05) is 12.8 Å². The normalized spacial score (nSPS) is 12.7. The Morgan fingerprint density at radius 2 is 1.06 bits per heavy atom. The third kappa shape index (κ3) is 37.8. The summed E-state index contributed by atoms with van der Waals surface area (Å²) >= 11 is 0. The summed E-state index contributed by atoms with van der Waals surface area (Å²) in [7, 11) is 0. The lowest BCUT2D eigenvalue weighted by molar-refractivity contribution is -0.147. The molecule has 1 unspecified atom stereocenters. The molecule has 0 radical (unpaired) electrons. The Labute approximate surface area is 301 Å². The van der Waals surface area contributed by atoms with E-state index in [-0.39, 0.29) is 24.5 Å². The van der Waals surface area contributed by atoms with E-state index in [0.29, 0.717) is 12.8 Å². The van der Waals surface area contributed by atoms with Gasteiger partial charge in [0.1, 0.15) is 12.6 Å². The lowest BCUT2D eigenvalue weighted by Gasteiger charge is -2.15. The number of esters is 1. The highest BCUT2D eigenvalue weighted by Crippen LogP contribution is 2.15. The average molecular weight is 684 g/mol. The molecule has 6 nitrogen and oxygen atoms in total. The van der Waals surface area contributed by atoms with Gasteiger partial charge in [-0.15, -0.1) is 0 Å². The number of nitrogens with one attached hydrogen (secondary N) is 1. The maximum atomic E-state index is 12.7. The van der Waals surface area contributed by atoms with E-state index < -0.39 is 5.97 Å². The van der Waals surface area contributed by atoms with E-state index in [0.717, 1.165) is 109 Å². The Morgan fingerprint density at radius 1 is 0.571 bits per heavy atom. The van der Waals surface area contributed by atoms with E-state index in [1.54, 1.807) is 0 Å². The van der Waals surface area contributed by atoms with Crippen molar-refractivity contribution in [3.63, 3.8) is 0 Å². The average Bonchev–Trinajstić information content (AvgIpc) is 3.08. The van der Waals surface area contributed by atoms with Crippen molar-refractivity contribution in [1.29, 1.82) is 0 Å². The summed E-state index contributed by atoms with van der Waals surface area (Å²) in [5, 5.41) is 11.0. The molecular formula is C43H73NO5. The first kappa shape index (κ1) is 46.1. The molecular weight excluding hydrogens is 610 g/mol. The van der Waals surface area contributed by atoms with Crippen molar-refractivity contribution in [1.82, 2.24) is 5.32 Å². The number of ether oxygens (including phenoxy) is 1. The number of carboxylic acid groups (broad SMARTS) is 1. The number of allylic oxidation sites excluding steroid dienone is 9. The predicted octanol–water partition coefficient (Wildman–Crippen LogP) is 12.1. The van der Waals surface area contributed by atoms with Crippen LogP contribution < -0.4 is 5.32 Å². The summed E-state index contributed by atoms with van der Waals surface area (Å²) in [4.78, 5) is 34.8. The molecule has 0 aromatic heterocycles. The maximum Gasteiger partial charge on any atom is 0.322 e. The molecule has 0 heterocycles. The highest BCUT2D eigenvalue weighted by molar-refractivity contribution is 5.80. The monoisotopic (exact) mass is 684 g/mol. The van der Waals surface area contributed by atoms with Crippen molar-refractivity contribution in [2.75, 3.05) is 6.54 Å². The zero-order chi connectivity index (χ0) is 35.9. The van der Waals surface area contributed by atoms with Gasteiger partial charge in [-0.3, -0.25) is 14.4 Å². The van der Waals surface area contributed by atoms with Crippen LogP contribution in [0.4, 0.5) is 0 Å².